The Kier molecular flexibility index (Phi) is 6.63. The molecule has 6 heteroatoms. The van der Waals surface area contributed by atoms with Crippen LogP contribution in [-0.2, 0) is 16.0 Å². The molecule has 1 heterocycles. The summed E-state index contributed by atoms with van der Waals surface area (Å²) >= 11 is 1.87. The van der Waals surface area contributed by atoms with Crippen LogP contribution in [0.4, 0.5) is 5.69 Å². The number of carbonyl (C=O) groups is 1. The van der Waals surface area contributed by atoms with Crippen molar-refractivity contribution in [1.29, 1.82) is 0 Å². The van der Waals surface area contributed by atoms with Gasteiger partial charge >= 0.3 is 5.97 Å². The third-order valence-electron chi connectivity index (χ3n) is 4.50. The maximum atomic E-state index is 11.2. The van der Waals surface area contributed by atoms with Gasteiger partial charge in [0.25, 0.3) is 0 Å². The second-order valence-corrected chi connectivity index (χ2v) is 7.49. The van der Waals surface area contributed by atoms with E-state index in [1.54, 1.807) is 6.92 Å². The molecule has 27 heavy (non-hydrogen) atoms. The van der Waals surface area contributed by atoms with Crippen LogP contribution in [0.5, 0.6) is 5.75 Å². The van der Waals surface area contributed by atoms with Crippen LogP contribution in [0.25, 0.3) is 0 Å². The van der Waals surface area contributed by atoms with Crippen molar-refractivity contribution >= 4 is 23.4 Å². The molecule has 0 bridgehead atoms. The number of fused-ring (bicyclic) bond motifs is 1. The van der Waals surface area contributed by atoms with Crippen molar-refractivity contribution in [2.24, 2.45) is 0 Å². The summed E-state index contributed by atoms with van der Waals surface area (Å²) in [4.78, 5) is 14.8. The summed E-state index contributed by atoms with van der Waals surface area (Å²) in [6.45, 7) is 5.17. The zero-order valence-corrected chi connectivity index (χ0v) is 16.4. The van der Waals surface area contributed by atoms with Gasteiger partial charge in [-0.15, -0.1) is 11.8 Å². The molecule has 2 aromatic rings. The fraction of sp³-hybridized carbons (Fsp3) is 0.381. The number of carboxylic acids is 1. The molecule has 3 rings (SSSR count). The number of aliphatic carboxylic acids is 1. The number of thioether (sulfide) groups is 1. The molecule has 0 spiro atoms. The van der Waals surface area contributed by atoms with Crippen LogP contribution in [0, 0.1) is 0 Å². The maximum absolute atomic E-state index is 11.2. The molecule has 0 aromatic heterocycles. The minimum atomic E-state index is -0.938. The lowest BCUT2D eigenvalue weighted by atomic mass is 10.1. The summed E-state index contributed by atoms with van der Waals surface area (Å²) in [6, 6.07) is 16.0. The normalized spacial score (nSPS) is 15.7. The smallest absolute Gasteiger partial charge is 0.333 e. The van der Waals surface area contributed by atoms with Crippen molar-refractivity contribution < 1.29 is 19.4 Å². The van der Waals surface area contributed by atoms with Gasteiger partial charge < -0.3 is 19.5 Å². The predicted molar refractivity (Wildman–Crippen MR) is 108 cm³/mol. The number of carboxylic acid groups (broad SMARTS) is 1. The van der Waals surface area contributed by atoms with Crippen LogP contribution in [-0.4, -0.2) is 42.3 Å². The minimum Gasteiger partial charge on any atom is -0.479 e. The predicted octanol–water partition coefficient (Wildman–Crippen LogP) is 4.06. The van der Waals surface area contributed by atoms with Crippen LogP contribution in [0.3, 0.4) is 0 Å². The van der Waals surface area contributed by atoms with E-state index < -0.39 is 12.1 Å². The van der Waals surface area contributed by atoms with Gasteiger partial charge in [0.05, 0.1) is 5.69 Å². The number of benzene rings is 2. The Morgan fingerprint density at radius 3 is 2.67 bits per heavy atom. The van der Waals surface area contributed by atoms with Gasteiger partial charge in [-0.1, -0.05) is 24.3 Å². The molecule has 0 fully saturated rings. The fourth-order valence-electron chi connectivity index (χ4n) is 3.17. The SMILES string of the molecule is CCO[C@H](Cc1ccc(OC(C)N2CCSc3ccccc32)cc1)C(=O)O. The summed E-state index contributed by atoms with van der Waals surface area (Å²) in [7, 11) is 0. The first-order chi connectivity index (χ1) is 13.1. The highest BCUT2D eigenvalue weighted by Gasteiger charge is 2.23. The number of ether oxygens (including phenoxy) is 2. The van der Waals surface area contributed by atoms with Gasteiger partial charge in [-0.2, -0.15) is 0 Å². The largest absolute Gasteiger partial charge is 0.479 e. The van der Waals surface area contributed by atoms with E-state index in [4.69, 9.17) is 9.47 Å². The monoisotopic (exact) mass is 387 g/mol. The number of hydrogen-bond acceptors (Lipinski definition) is 5. The Morgan fingerprint density at radius 1 is 1.22 bits per heavy atom. The molecule has 144 valence electrons. The Labute approximate surface area is 164 Å². The van der Waals surface area contributed by atoms with E-state index in [0.717, 1.165) is 23.6 Å². The zero-order valence-electron chi connectivity index (χ0n) is 15.6. The van der Waals surface area contributed by atoms with E-state index in [-0.39, 0.29) is 6.23 Å². The van der Waals surface area contributed by atoms with E-state index in [1.807, 2.05) is 36.0 Å². The maximum Gasteiger partial charge on any atom is 0.333 e. The summed E-state index contributed by atoms with van der Waals surface area (Å²) in [5.74, 6) is 0.871. The van der Waals surface area contributed by atoms with Crippen LogP contribution in [0.1, 0.15) is 19.4 Å². The molecule has 0 radical (unpaired) electrons. The minimum absolute atomic E-state index is 0.0897. The average Bonchev–Trinajstić information content (AvgIpc) is 2.68. The van der Waals surface area contributed by atoms with Crippen molar-refractivity contribution in [2.75, 3.05) is 23.8 Å². The van der Waals surface area contributed by atoms with Gasteiger partial charge in [0.1, 0.15) is 5.75 Å². The van der Waals surface area contributed by atoms with Gasteiger partial charge in [-0.05, 0) is 43.7 Å². The van der Waals surface area contributed by atoms with Gasteiger partial charge in [0.2, 0.25) is 0 Å². The topological polar surface area (TPSA) is 59.0 Å². The molecule has 1 N–H and O–H groups in total. The second kappa shape index (κ2) is 9.15. The van der Waals surface area contributed by atoms with Crippen molar-refractivity contribution in [3.63, 3.8) is 0 Å². The Hall–Kier alpha value is -2.18. The Bertz CT molecular complexity index is 765. The number of rotatable bonds is 8. The average molecular weight is 388 g/mol. The summed E-state index contributed by atoms with van der Waals surface area (Å²) in [5.41, 5.74) is 2.12. The van der Waals surface area contributed by atoms with Gasteiger partial charge in [0, 0.05) is 30.2 Å². The highest BCUT2D eigenvalue weighted by Crippen LogP contribution is 2.35. The standard InChI is InChI=1S/C21H25NO4S/c1-3-25-19(21(23)24)14-16-8-10-17(11-9-16)26-15(2)22-12-13-27-20-7-5-4-6-18(20)22/h4-11,15,19H,3,12-14H2,1-2H3,(H,23,24)/t15?,19-/m1/s1. The van der Waals surface area contributed by atoms with Gasteiger partial charge in [-0.3, -0.25) is 0 Å². The summed E-state index contributed by atoms with van der Waals surface area (Å²) < 4.78 is 11.4. The van der Waals surface area contributed by atoms with E-state index >= 15 is 0 Å². The van der Waals surface area contributed by atoms with Crippen molar-refractivity contribution in [3.05, 3.63) is 54.1 Å². The van der Waals surface area contributed by atoms with Crippen LogP contribution in [0.15, 0.2) is 53.4 Å². The number of hydrogen-bond donors (Lipinski definition) is 1. The fourth-order valence-corrected chi connectivity index (χ4v) is 4.18. The van der Waals surface area contributed by atoms with Crippen molar-refractivity contribution in [2.45, 2.75) is 37.5 Å². The molecule has 2 aromatic carbocycles. The quantitative estimate of drug-likeness (QED) is 0.737. The van der Waals surface area contributed by atoms with Crippen LogP contribution < -0.4 is 9.64 Å². The number of para-hydroxylation sites is 1. The molecule has 0 aliphatic carbocycles. The van der Waals surface area contributed by atoms with E-state index in [9.17, 15) is 9.90 Å². The molecule has 2 atom stereocenters. The third kappa shape index (κ3) is 4.96. The van der Waals surface area contributed by atoms with Crippen LogP contribution in [0.2, 0.25) is 0 Å². The van der Waals surface area contributed by atoms with Gasteiger partial charge in [0.15, 0.2) is 12.3 Å². The van der Waals surface area contributed by atoms with E-state index in [1.165, 1.54) is 10.6 Å². The first-order valence-electron chi connectivity index (χ1n) is 9.17. The molecule has 5 nitrogen and oxygen atoms in total. The lowest BCUT2D eigenvalue weighted by Gasteiger charge is -2.35. The molecule has 0 amide bonds. The van der Waals surface area contributed by atoms with Crippen molar-refractivity contribution in [1.82, 2.24) is 0 Å². The molecule has 1 aliphatic rings. The van der Waals surface area contributed by atoms with Crippen molar-refractivity contribution in [3.8, 4) is 5.75 Å². The highest BCUT2D eigenvalue weighted by molar-refractivity contribution is 7.99. The van der Waals surface area contributed by atoms with Gasteiger partial charge in [-0.25, -0.2) is 4.79 Å². The second-order valence-electron chi connectivity index (χ2n) is 6.36. The Morgan fingerprint density at radius 2 is 1.96 bits per heavy atom. The Balaban J connectivity index is 1.64. The molecule has 0 saturated carbocycles. The lowest BCUT2D eigenvalue weighted by Crippen LogP contribution is -2.40. The number of nitrogens with zero attached hydrogens (tertiary/aromatic N) is 1. The molecule has 1 unspecified atom stereocenters. The van der Waals surface area contributed by atoms with E-state index in [0.29, 0.717) is 13.0 Å². The third-order valence-corrected chi connectivity index (χ3v) is 5.54. The first kappa shape index (κ1) is 19.6. The summed E-state index contributed by atoms with van der Waals surface area (Å²) in [6.07, 6.45) is -0.563. The molecule has 0 saturated heterocycles. The molecule has 1 aliphatic heterocycles. The number of anilines is 1. The zero-order chi connectivity index (χ0) is 19.2. The van der Waals surface area contributed by atoms with Crippen LogP contribution >= 0.6 is 11.8 Å². The molecular weight excluding hydrogens is 362 g/mol. The molecular formula is C21H25NO4S. The highest BCUT2D eigenvalue weighted by atomic mass is 32.2. The summed E-state index contributed by atoms with van der Waals surface area (Å²) in [5, 5.41) is 9.21. The first-order valence-corrected chi connectivity index (χ1v) is 10.2. The lowest BCUT2D eigenvalue weighted by molar-refractivity contribution is -0.149. The van der Waals surface area contributed by atoms with E-state index in [2.05, 4.69) is 36.1 Å².